The highest BCUT2D eigenvalue weighted by Crippen LogP contribution is 2.29. The maximum Gasteiger partial charge on any atom is 0.282 e. The number of hydrogen-bond donors (Lipinski definition) is 1. The lowest BCUT2D eigenvalue weighted by Gasteiger charge is -2.13. The van der Waals surface area contributed by atoms with E-state index in [0.29, 0.717) is 23.3 Å². The number of para-hydroxylation sites is 1. The van der Waals surface area contributed by atoms with E-state index >= 15 is 0 Å². The fourth-order valence-electron chi connectivity index (χ4n) is 2.43. The molecule has 1 heterocycles. The van der Waals surface area contributed by atoms with Gasteiger partial charge >= 0.3 is 0 Å². The molecule has 0 aliphatic heterocycles. The summed E-state index contributed by atoms with van der Waals surface area (Å²) >= 11 is 3.29. The van der Waals surface area contributed by atoms with Gasteiger partial charge in [0, 0.05) is 19.2 Å². The summed E-state index contributed by atoms with van der Waals surface area (Å²) in [6, 6.07) is 18.1. The van der Waals surface area contributed by atoms with Gasteiger partial charge in [0.15, 0.2) is 0 Å². The molecule has 5 nitrogen and oxygen atoms in total. The van der Waals surface area contributed by atoms with Gasteiger partial charge in [-0.25, -0.2) is 4.68 Å². The van der Waals surface area contributed by atoms with Crippen molar-refractivity contribution in [3.8, 4) is 16.9 Å². The quantitative estimate of drug-likeness (QED) is 0.642. The van der Waals surface area contributed by atoms with Crippen molar-refractivity contribution in [1.82, 2.24) is 9.78 Å². The molecule has 0 aliphatic rings. The second kappa shape index (κ2) is 7.98. The summed E-state index contributed by atoms with van der Waals surface area (Å²) < 4.78 is 7.67. The van der Waals surface area contributed by atoms with E-state index in [0.717, 1.165) is 16.9 Å². The van der Waals surface area contributed by atoms with Gasteiger partial charge in [0.25, 0.3) is 5.56 Å². The van der Waals surface area contributed by atoms with Crippen LogP contribution in [0.15, 0.2) is 70.1 Å². The van der Waals surface area contributed by atoms with Gasteiger partial charge < -0.3 is 10.1 Å². The summed E-state index contributed by atoms with van der Waals surface area (Å²) in [6.45, 7) is 1.02. The molecule has 0 radical (unpaired) electrons. The highest BCUT2D eigenvalue weighted by molar-refractivity contribution is 9.10. The number of rotatable bonds is 6. The Labute approximate surface area is 154 Å². The Morgan fingerprint density at radius 3 is 2.64 bits per heavy atom. The Morgan fingerprint density at radius 2 is 1.84 bits per heavy atom. The first-order valence-electron chi connectivity index (χ1n) is 7.90. The highest BCUT2D eigenvalue weighted by Gasteiger charge is 2.07. The van der Waals surface area contributed by atoms with Gasteiger partial charge in [-0.1, -0.05) is 48.5 Å². The van der Waals surface area contributed by atoms with Crippen LogP contribution >= 0.6 is 15.9 Å². The first-order chi connectivity index (χ1) is 12.2. The molecule has 1 N–H and O–H groups in total. The lowest BCUT2D eigenvalue weighted by Crippen LogP contribution is -2.22. The van der Waals surface area contributed by atoms with Crippen molar-refractivity contribution in [2.24, 2.45) is 7.05 Å². The van der Waals surface area contributed by atoms with Crippen LogP contribution in [0.4, 0.5) is 5.69 Å². The highest BCUT2D eigenvalue weighted by atomic mass is 79.9. The van der Waals surface area contributed by atoms with E-state index in [2.05, 4.69) is 38.5 Å². The number of anilines is 1. The predicted octanol–water partition coefficient (Wildman–Crippen LogP) is 3.70. The van der Waals surface area contributed by atoms with Crippen molar-refractivity contribution in [1.29, 1.82) is 0 Å². The molecule has 0 aliphatic carbocycles. The molecule has 0 atom stereocenters. The fourth-order valence-corrected chi connectivity index (χ4v) is 2.93. The number of aromatic nitrogens is 2. The van der Waals surface area contributed by atoms with Gasteiger partial charge in [-0.15, -0.1) is 0 Å². The van der Waals surface area contributed by atoms with Crippen LogP contribution in [-0.2, 0) is 7.05 Å². The van der Waals surface area contributed by atoms with Crippen LogP contribution in [-0.4, -0.2) is 22.9 Å². The van der Waals surface area contributed by atoms with E-state index in [-0.39, 0.29) is 5.56 Å². The van der Waals surface area contributed by atoms with Gasteiger partial charge in [0.2, 0.25) is 0 Å². The van der Waals surface area contributed by atoms with E-state index in [1.165, 1.54) is 4.68 Å². The lowest BCUT2D eigenvalue weighted by atomic mass is 10.1. The molecule has 0 unspecified atom stereocenters. The minimum absolute atomic E-state index is 0.180. The Kier molecular flexibility index (Phi) is 5.50. The van der Waals surface area contributed by atoms with E-state index in [1.54, 1.807) is 13.2 Å². The zero-order chi connectivity index (χ0) is 17.6. The van der Waals surface area contributed by atoms with E-state index in [9.17, 15) is 4.79 Å². The van der Waals surface area contributed by atoms with Crippen molar-refractivity contribution in [2.75, 3.05) is 18.5 Å². The van der Waals surface area contributed by atoms with Gasteiger partial charge in [-0.2, -0.15) is 5.10 Å². The van der Waals surface area contributed by atoms with Crippen LogP contribution in [0.2, 0.25) is 0 Å². The normalized spacial score (nSPS) is 10.5. The molecule has 0 bridgehead atoms. The SMILES string of the molecule is Cn1ncc(NCCOc2ccccc2-c2ccccc2)c(Br)c1=O. The molecular weight excluding hydrogens is 382 g/mol. The third-order valence-electron chi connectivity index (χ3n) is 3.73. The molecule has 0 fully saturated rings. The average molecular weight is 400 g/mol. The number of ether oxygens (including phenoxy) is 1. The molecule has 0 saturated carbocycles. The van der Waals surface area contributed by atoms with E-state index < -0.39 is 0 Å². The second-order valence-corrected chi connectivity index (χ2v) is 6.23. The van der Waals surface area contributed by atoms with Crippen LogP contribution in [0.1, 0.15) is 0 Å². The first kappa shape index (κ1) is 17.2. The first-order valence-corrected chi connectivity index (χ1v) is 8.69. The predicted molar refractivity (Wildman–Crippen MR) is 103 cm³/mol. The van der Waals surface area contributed by atoms with Crippen LogP contribution in [0, 0.1) is 0 Å². The number of hydrogen-bond acceptors (Lipinski definition) is 4. The standard InChI is InChI=1S/C19H18BrN3O2/c1-23-19(24)18(20)16(13-22-23)21-11-12-25-17-10-6-5-9-15(17)14-7-3-2-4-8-14/h2-10,13,21H,11-12H2,1H3. The molecular formula is C19H18BrN3O2. The number of benzene rings is 2. The van der Waals surface area contributed by atoms with Crippen molar-refractivity contribution < 1.29 is 4.74 Å². The molecule has 2 aromatic carbocycles. The molecule has 0 amide bonds. The topological polar surface area (TPSA) is 56.1 Å². The summed E-state index contributed by atoms with van der Waals surface area (Å²) in [7, 11) is 1.61. The third-order valence-corrected chi connectivity index (χ3v) is 4.49. The van der Waals surface area contributed by atoms with Gasteiger partial charge in [0.1, 0.15) is 16.8 Å². The molecule has 128 valence electrons. The zero-order valence-electron chi connectivity index (χ0n) is 13.8. The van der Waals surface area contributed by atoms with E-state index in [4.69, 9.17) is 4.74 Å². The summed E-state index contributed by atoms with van der Waals surface area (Å²) in [5.74, 6) is 0.830. The maximum atomic E-state index is 11.8. The Bertz CT molecular complexity index is 910. The molecule has 0 spiro atoms. The van der Waals surface area contributed by atoms with Crippen LogP contribution in [0.5, 0.6) is 5.75 Å². The monoisotopic (exact) mass is 399 g/mol. The maximum absolute atomic E-state index is 11.8. The number of halogens is 1. The average Bonchev–Trinajstić information content (AvgIpc) is 2.66. The number of nitrogens with zero attached hydrogens (tertiary/aromatic N) is 2. The third kappa shape index (κ3) is 4.09. The molecule has 25 heavy (non-hydrogen) atoms. The van der Waals surface area contributed by atoms with Crippen LogP contribution in [0.3, 0.4) is 0 Å². The van der Waals surface area contributed by atoms with Crippen LogP contribution < -0.4 is 15.6 Å². The summed E-state index contributed by atoms with van der Waals surface area (Å²) in [6.07, 6.45) is 1.61. The van der Waals surface area contributed by atoms with Crippen molar-refractivity contribution in [2.45, 2.75) is 0 Å². The van der Waals surface area contributed by atoms with Crippen molar-refractivity contribution in [3.63, 3.8) is 0 Å². The molecule has 3 rings (SSSR count). The Morgan fingerprint density at radius 1 is 1.12 bits per heavy atom. The number of aryl methyl sites for hydroxylation is 1. The lowest BCUT2D eigenvalue weighted by molar-refractivity contribution is 0.334. The van der Waals surface area contributed by atoms with Gasteiger partial charge in [-0.05, 0) is 27.6 Å². The smallest absolute Gasteiger partial charge is 0.282 e. The van der Waals surface area contributed by atoms with Crippen molar-refractivity contribution in [3.05, 3.63) is 75.6 Å². The largest absolute Gasteiger partial charge is 0.491 e. The Hall–Kier alpha value is -2.60. The Balaban J connectivity index is 1.64. The molecule has 1 aromatic heterocycles. The number of nitrogens with one attached hydrogen (secondary N) is 1. The fraction of sp³-hybridized carbons (Fsp3) is 0.158. The van der Waals surface area contributed by atoms with Gasteiger partial charge in [0.05, 0.1) is 11.9 Å². The molecule has 6 heteroatoms. The van der Waals surface area contributed by atoms with Crippen LogP contribution in [0.25, 0.3) is 11.1 Å². The summed E-state index contributed by atoms with van der Waals surface area (Å²) in [5, 5.41) is 7.16. The molecule has 3 aromatic rings. The van der Waals surface area contributed by atoms with Crippen molar-refractivity contribution >= 4 is 21.6 Å². The minimum Gasteiger partial charge on any atom is -0.491 e. The second-order valence-electron chi connectivity index (χ2n) is 5.44. The zero-order valence-corrected chi connectivity index (χ0v) is 15.4. The summed E-state index contributed by atoms with van der Waals surface area (Å²) in [4.78, 5) is 11.8. The van der Waals surface area contributed by atoms with Gasteiger partial charge in [-0.3, -0.25) is 4.79 Å². The molecule has 0 saturated heterocycles. The minimum atomic E-state index is -0.180. The van der Waals surface area contributed by atoms with E-state index in [1.807, 2.05) is 42.5 Å². The summed E-state index contributed by atoms with van der Waals surface area (Å²) in [5.41, 5.74) is 2.65.